The Kier molecular flexibility index (Phi) is 5.94. The lowest BCUT2D eigenvalue weighted by atomic mass is 10.1. The summed E-state index contributed by atoms with van der Waals surface area (Å²) in [5.74, 6) is -0.659. The number of hydrogen-bond acceptors (Lipinski definition) is 5. The topological polar surface area (TPSA) is 95.7 Å². The molecule has 0 amide bonds. The van der Waals surface area contributed by atoms with Crippen LogP contribution in [0.25, 0.3) is 0 Å². The van der Waals surface area contributed by atoms with E-state index in [0.717, 1.165) is 6.07 Å². The van der Waals surface area contributed by atoms with Gasteiger partial charge in [0.15, 0.2) is 0 Å². The molecule has 0 aliphatic carbocycles. The lowest BCUT2D eigenvalue weighted by Crippen LogP contribution is -2.16. The molecule has 1 aromatic rings. The zero-order chi connectivity index (χ0) is 15.3. The Balaban J connectivity index is 2.97. The van der Waals surface area contributed by atoms with Gasteiger partial charge in [-0.25, -0.2) is 18.4 Å². The molecule has 0 radical (unpaired) electrons. The number of carbonyl (C=O) groups is 1. The van der Waals surface area contributed by atoms with Crippen molar-refractivity contribution in [3.63, 3.8) is 0 Å². The molecule has 0 bridgehead atoms. The minimum atomic E-state index is -3.95. The Hall–Kier alpha value is -1.15. The molecule has 0 saturated heterocycles. The number of carbonyl (C=O) groups excluding carboxylic acids is 1. The summed E-state index contributed by atoms with van der Waals surface area (Å²) < 4.78 is 32.7. The zero-order valence-corrected chi connectivity index (χ0v) is 12.8. The largest absolute Gasteiger partial charge is 0.462 e. The summed E-state index contributed by atoms with van der Waals surface area (Å²) >= 11 is 5.91. The summed E-state index contributed by atoms with van der Waals surface area (Å²) in [5.41, 5.74) is 0.340. The molecule has 2 N–H and O–H groups in total. The highest BCUT2D eigenvalue weighted by Crippen LogP contribution is 2.25. The van der Waals surface area contributed by atoms with E-state index in [2.05, 4.69) is 0 Å². The third-order valence-electron chi connectivity index (χ3n) is 2.56. The lowest BCUT2D eigenvalue weighted by Gasteiger charge is -2.09. The van der Waals surface area contributed by atoms with Gasteiger partial charge in [-0.05, 0) is 24.6 Å². The number of esters is 1. The normalized spacial score (nSPS) is 11.4. The van der Waals surface area contributed by atoms with E-state index in [1.807, 2.05) is 0 Å². The average molecular weight is 322 g/mol. The Bertz CT molecular complexity index is 600. The van der Waals surface area contributed by atoms with Crippen molar-refractivity contribution in [2.45, 2.75) is 18.2 Å². The maximum absolute atomic E-state index is 11.8. The molecule has 0 aliphatic heterocycles. The van der Waals surface area contributed by atoms with Gasteiger partial charge in [0.1, 0.15) is 0 Å². The van der Waals surface area contributed by atoms with Crippen LogP contribution in [0.1, 0.15) is 22.3 Å². The summed E-state index contributed by atoms with van der Waals surface area (Å²) in [6.45, 7) is 2.14. The SMILES string of the molecule is COCCCOC(=O)c1cc(Cl)c(C)c(S(N)(=O)=O)c1. The minimum Gasteiger partial charge on any atom is -0.462 e. The number of hydrogen-bond donors (Lipinski definition) is 1. The van der Waals surface area contributed by atoms with E-state index in [9.17, 15) is 13.2 Å². The maximum atomic E-state index is 11.8. The van der Waals surface area contributed by atoms with Crippen molar-refractivity contribution in [3.8, 4) is 0 Å². The van der Waals surface area contributed by atoms with Crippen molar-refractivity contribution in [1.82, 2.24) is 0 Å². The van der Waals surface area contributed by atoms with E-state index >= 15 is 0 Å². The summed E-state index contributed by atoms with van der Waals surface area (Å²) in [5, 5.41) is 5.22. The van der Waals surface area contributed by atoms with E-state index in [0.29, 0.717) is 18.6 Å². The number of nitrogens with two attached hydrogens (primary N) is 1. The molecule has 20 heavy (non-hydrogen) atoms. The first kappa shape index (κ1) is 16.9. The molecule has 0 fully saturated rings. The van der Waals surface area contributed by atoms with Crippen LogP contribution in [-0.2, 0) is 19.5 Å². The van der Waals surface area contributed by atoms with Gasteiger partial charge < -0.3 is 9.47 Å². The monoisotopic (exact) mass is 321 g/mol. The average Bonchev–Trinajstić information content (AvgIpc) is 2.36. The fourth-order valence-electron chi connectivity index (χ4n) is 1.52. The first-order valence-corrected chi connectivity index (χ1v) is 7.68. The minimum absolute atomic E-state index is 0.0436. The van der Waals surface area contributed by atoms with Crippen LogP contribution in [0.15, 0.2) is 17.0 Å². The maximum Gasteiger partial charge on any atom is 0.338 e. The zero-order valence-electron chi connectivity index (χ0n) is 11.2. The van der Waals surface area contributed by atoms with Gasteiger partial charge in [0.05, 0.1) is 17.1 Å². The first-order chi connectivity index (χ1) is 9.27. The molecule has 1 aromatic carbocycles. The molecule has 0 spiro atoms. The van der Waals surface area contributed by atoms with Crippen LogP contribution in [0.2, 0.25) is 5.02 Å². The molecule has 0 aliphatic rings. The van der Waals surface area contributed by atoms with Crippen molar-refractivity contribution >= 4 is 27.6 Å². The number of rotatable bonds is 6. The highest BCUT2D eigenvalue weighted by molar-refractivity contribution is 7.89. The van der Waals surface area contributed by atoms with Crippen molar-refractivity contribution in [1.29, 1.82) is 0 Å². The number of halogens is 1. The smallest absolute Gasteiger partial charge is 0.338 e. The molecule has 0 unspecified atom stereocenters. The second-order valence-electron chi connectivity index (χ2n) is 4.11. The third kappa shape index (κ3) is 4.45. The van der Waals surface area contributed by atoms with Gasteiger partial charge >= 0.3 is 5.97 Å². The highest BCUT2D eigenvalue weighted by atomic mass is 35.5. The molecule has 0 saturated carbocycles. The predicted molar refractivity (Wildman–Crippen MR) is 74.3 cm³/mol. The Morgan fingerprint density at radius 3 is 2.55 bits per heavy atom. The molecule has 0 aromatic heterocycles. The van der Waals surface area contributed by atoms with Gasteiger partial charge in [0.2, 0.25) is 10.0 Å². The van der Waals surface area contributed by atoms with Crippen LogP contribution in [0.3, 0.4) is 0 Å². The van der Waals surface area contributed by atoms with Crippen molar-refractivity contribution in [2.24, 2.45) is 5.14 Å². The van der Waals surface area contributed by atoms with Crippen LogP contribution >= 0.6 is 11.6 Å². The van der Waals surface area contributed by atoms with Crippen LogP contribution in [0.4, 0.5) is 0 Å². The molecular weight excluding hydrogens is 306 g/mol. The van der Waals surface area contributed by atoms with Gasteiger partial charge in [0, 0.05) is 25.2 Å². The highest BCUT2D eigenvalue weighted by Gasteiger charge is 2.18. The van der Waals surface area contributed by atoms with E-state index in [-0.39, 0.29) is 22.1 Å². The summed E-state index contributed by atoms with van der Waals surface area (Å²) in [6, 6.07) is 2.51. The van der Waals surface area contributed by atoms with Gasteiger partial charge in [0.25, 0.3) is 0 Å². The van der Waals surface area contributed by atoms with Crippen molar-refractivity contribution in [2.75, 3.05) is 20.3 Å². The van der Waals surface area contributed by atoms with Gasteiger partial charge in [-0.15, -0.1) is 0 Å². The first-order valence-electron chi connectivity index (χ1n) is 5.76. The van der Waals surface area contributed by atoms with Crippen LogP contribution < -0.4 is 5.14 Å². The van der Waals surface area contributed by atoms with Crippen LogP contribution in [-0.4, -0.2) is 34.7 Å². The molecule has 0 atom stereocenters. The van der Waals surface area contributed by atoms with E-state index in [1.165, 1.54) is 13.0 Å². The summed E-state index contributed by atoms with van der Waals surface area (Å²) in [6.07, 6.45) is 0.546. The molecule has 6 nitrogen and oxygen atoms in total. The van der Waals surface area contributed by atoms with E-state index < -0.39 is 16.0 Å². The van der Waals surface area contributed by atoms with Crippen molar-refractivity contribution in [3.05, 3.63) is 28.3 Å². The molecule has 0 heterocycles. The Morgan fingerprint density at radius 1 is 1.35 bits per heavy atom. The fourth-order valence-corrected chi connectivity index (χ4v) is 2.62. The van der Waals surface area contributed by atoms with Gasteiger partial charge in [-0.3, -0.25) is 0 Å². The van der Waals surface area contributed by atoms with Crippen molar-refractivity contribution < 1.29 is 22.7 Å². The molecular formula is C12H16ClNO5S. The molecule has 8 heteroatoms. The lowest BCUT2D eigenvalue weighted by molar-refractivity contribution is 0.0468. The number of benzene rings is 1. The number of methoxy groups -OCH3 is 1. The van der Waals surface area contributed by atoms with Gasteiger partial charge in [-0.2, -0.15) is 0 Å². The quantitative estimate of drug-likeness (QED) is 0.632. The Morgan fingerprint density at radius 2 is 2.00 bits per heavy atom. The van der Waals surface area contributed by atoms with E-state index in [4.69, 9.17) is 26.2 Å². The summed E-state index contributed by atoms with van der Waals surface area (Å²) in [4.78, 5) is 11.6. The van der Waals surface area contributed by atoms with Gasteiger partial charge in [-0.1, -0.05) is 11.6 Å². The standard InChI is InChI=1S/C12H16ClNO5S/c1-8-10(13)6-9(7-11(8)20(14,16)17)12(15)19-5-3-4-18-2/h6-7H,3-5H2,1-2H3,(H2,14,16,17). The predicted octanol–water partition coefficient (Wildman–Crippen LogP) is 1.49. The second kappa shape index (κ2) is 7.03. The number of sulfonamides is 1. The Labute approximate surface area is 122 Å². The number of primary sulfonamides is 1. The molecule has 112 valence electrons. The number of ether oxygens (including phenoxy) is 2. The molecule has 1 rings (SSSR count). The third-order valence-corrected chi connectivity index (χ3v) is 3.99. The van der Waals surface area contributed by atoms with E-state index in [1.54, 1.807) is 7.11 Å². The van der Waals surface area contributed by atoms with Crippen LogP contribution in [0.5, 0.6) is 0 Å². The second-order valence-corrected chi connectivity index (χ2v) is 6.05. The van der Waals surface area contributed by atoms with Crippen LogP contribution in [0, 0.1) is 6.92 Å². The summed E-state index contributed by atoms with van der Waals surface area (Å²) in [7, 11) is -2.41. The fraction of sp³-hybridized carbons (Fsp3) is 0.417.